The van der Waals surface area contributed by atoms with Crippen LogP contribution < -0.4 is 5.73 Å². The predicted molar refractivity (Wildman–Crippen MR) is 43.0 cm³/mol. The monoisotopic (exact) mass is 165 g/mol. The Bertz CT molecular complexity index is 435. The molecule has 2 aromatic rings. The van der Waals surface area contributed by atoms with Crippen LogP contribution in [0.15, 0.2) is 18.2 Å². The number of aromatic hydroxyl groups is 1. The van der Waals surface area contributed by atoms with Gasteiger partial charge < -0.3 is 16.0 Å². The number of benzene rings is 1. The largest absolute Gasteiger partial charge is 0.508 e. The minimum atomic E-state index is 0.0673. The Morgan fingerprint density at radius 3 is 2.92 bits per heavy atom. The van der Waals surface area contributed by atoms with E-state index in [2.05, 4.69) is 5.10 Å². The second kappa shape index (κ2) is 2.04. The number of nitrogens with two attached hydrogens (primary N) is 1. The second-order valence-corrected chi connectivity index (χ2v) is 2.48. The van der Waals surface area contributed by atoms with Crippen molar-refractivity contribution in [3.63, 3.8) is 0 Å². The highest BCUT2D eigenvalue weighted by Gasteiger charge is 2.06. The van der Waals surface area contributed by atoms with E-state index in [-0.39, 0.29) is 11.6 Å². The molecule has 0 radical (unpaired) electrons. The van der Waals surface area contributed by atoms with Gasteiger partial charge in [0.25, 0.3) is 0 Å². The minimum Gasteiger partial charge on any atom is -0.508 e. The summed E-state index contributed by atoms with van der Waals surface area (Å²) in [5.74, 6) is 0.310. The van der Waals surface area contributed by atoms with Crippen LogP contribution in [0.3, 0.4) is 0 Å². The molecule has 0 unspecified atom stereocenters. The third-order valence-corrected chi connectivity index (χ3v) is 1.68. The van der Waals surface area contributed by atoms with Crippen LogP contribution in [-0.4, -0.2) is 20.3 Å². The molecule has 4 N–H and O–H groups in total. The summed E-state index contributed by atoms with van der Waals surface area (Å²) in [5, 5.41) is 22.4. The number of phenols is 1. The quantitative estimate of drug-likeness (QED) is 0.498. The fourth-order valence-corrected chi connectivity index (χ4v) is 1.11. The zero-order valence-corrected chi connectivity index (χ0v) is 6.10. The van der Waals surface area contributed by atoms with Crippen molar-refractivity contribution in [1.29, 1.82) is 0 Å². The molecule has 1 aromatic carbocycles. The van der Waals surface area contributed by atoms with Crippen LogP contribution in [0.25, 0.3) is 10.9 Å². The number of nitrogens with zero attached hydrogens (tertiary/aromatic N) is 2. The summed E-state index contributed by atoms with van der Waals surface area (Å²) in [6.45, 7) is 0. The molecule has 0 aliphatic heterocycles. The highest BCUT2D eigenvalue weighted by atomic mass is 16.5. The Balaban J connectivity index is 2.90. The van der Waals surface area contributed by atoms with Crippen molar-refractivity contribution in [2.75, 3.05) is 5.73 Å². The normalized spacial score (nSPS) is 10.7. The van der Waals surface area contributed by atoms with Crippen molar-refractivity contribution < 1.29 is 10.3 Å². The highest BCUT2D eigenvalue weighted by Crippen LogP contribution is 2.23. The molecule has 0 atom stereocenters. The van der Waals surface area contributed by atoms with Gasteiger partial charge in [-0.15, -0.1) is 5.10 Å². The number of phenolic OH excluding ortho intramolecular Hbond substituents is 1. The molecular weight excluding hydrogens is 158 g/mol. The van der Waals surface area contributed by atoms with Crippen LogP contribution >= 0.6 is 0 Å². The lowest BCUT2D eigenvalue weighted by Crippen LogP contribution is -1.92. The molecule has 1 aromatic heterocycles. The van der Waals surface area contributed by atoms with E-state index in [9.17, 15) is 0 Å². The van der Waals surface area contributed by atoms with Gasteiger partial charge >= 0.3 is 0 Å². The molecule has 5 heteroatoms. The Kier molecular flexibility index (Phi) is 1.15. The van der Waals surface area contributed by atoms with E-state index in [1.54, 1.807) is 6.07 Å². The van der Waals surface area contributed by atoms with Crippen molar-refractivity contribution in [1.82, 2.24) is 9.94 Å². The summed E-state index contributed by atoms with van der Waals surface area (Å²) in [6, 6.07) is 4.47. The maximum absolute atomic E-state index is 9.13. The van der Waals surface area contributed by atoms with Gasteiger partial charge in [-0.1, -0.05) is 4.85 Å². The topological polar surface area (TPSA) is 84.3 Å². The molecule has 0 spiro atoms. The SMILES string of the molecule is Nc1nn(O)c2cc(O)ccc12. The Morgan fingerprint density at radius 2 is 2.17 bits per heavy atom. The van der Waals surface area contributed by atoms with Crippen LogP contribution in [0.5, 0.6) is 5.75 Å². The number of rotatable bonds is 0. The molecule has 12 heavy (non-hydrogen) atoms. The van der Waals surface area contributed by atoms with Gasteiger partial charge in [-0.2, -0.15) is 0 Å². The van der Waals surface area contributed by atoms with Crippen molar-refractivity contribution in [3.8, 4) is 5.75 Å². The smallest absolute Gasteiger partial charge is 0.157 e. The number of aromatic nitrogens is 2. The lowest BCUT2D eigenvalue weighted by atomic mass is 10.2. The van der Waals surface area contributed by atoms with Crippen LogP contribution in [-0.2, 0) is 0 Å². The molecule has 0 saturated heterocycles. The minimum absolute atomic E-state index is 0.0673. The van der Waals surface area contributed by atoms with E-state index in [1.807, 2.05) is 0 Å². The summed E-state index contributed by atoms with van der Waals surface area (Å²) in [6.07, 6.45) is 0. The first-order valence-electron chi connectivity index (χ1n) is 3.35. The molecule has 0 aliphatic rings. The lowest BCUT2D eigenvalue weighted by molar-refractivity contribution is 0.162. The third kappa shape index (κ3) is 0.763. The summed E-state index contributed by atoms with van der Waals surface area (Å²) in [5.41, 5.74) is 5.85. The molecule has 1 heterocycles. The van der Waals surface area contributed by atoms with E-state index < -0.39 is 0 Å². The molecule has 62 valence electrons. The van der Waals surface area contributed by atoms with Crippen LogP contribution in [0.4, 0.5) is 5.82 Å². The van der Waals surface area contributed by atoms with E-state index in [1.165, 1.54) is 12.1 Å². The number of hydrogen-bond donors (Lipinski definition) is 3. The summed E-state index contributed by atoms with van der Waals surface area (Å²) < 4.78 is 0. The first kappa shape index (κ1) is 6.78. The van der Waals surface area contributed by atoms with E-state index in [4.69, 9.17) is 16.0 Å². The van der Waals surface area contributed by atoms with Crippen LogP contribution in [0, 0.1) is 0 Å². The predicted octanol–water partition coefficient (Wildman–Crippen LogP) is 0.561. The molecule has 2 rings (SSSR count). The van der Waals surface area contributed by atoms with E-state index >= 15 is 0 Å². The standard InChI is InChI=1S/C7H7N3O2/c8-7-5-2-1-4(11)3-6(5)10(12)9-7/h1-3,11-12H,(H2,8,9). The molecule has 0 amide bonds. The van der Waals surface area contributed by atoms with Crippen molar-refractivity contribution in [3.05, 3.63) is 18.2 Å². The average molecular weight is 165 g/mol. The molecule has 0 aliphatic carbocycles. The fourth-order valence-electron chi connectivity index (χ4n) is 1.11. The number of fused-ring (bicyclic) bond motifs is 1. The zero-order chi connectivity index (χ0) is 8.72. The Labute approximate surface area is 67.6 Å². The molecule has 5 nitrogen and oxygen atoms in total. The van der Waals surface area contributed by atoms with E-state index in [0.717, 1.165) is 0 Å². The summed E-state index contributed by atoms with van der Waals surface area (Å²) in [7, 11) is 0. The third-order valence-electron chi connectivity index (χ3n) is 1.68. The Hall–Kier alpha value is -1.91. The van der Waals surface area contributed by atoms with Gasteiger partial charge in [-0.05, 0) is 12.1 Å². The van der Waals surface area contributed by atoms with Gasteiger partial charge in [-0.25, -0.2) is 0 Å². The maximum atomic E-state index is 9.13. The van der Waals surface area contributed by atoms with Crippen LogP contribution in [0.1, 0.15) is 0 Å². The first-order chi connectivity index (χ1) is 5.68. The van der Waals surface area contributed by atoms with Gasteiger partial charge in [0.05, 0.1) is 0 Å². The molecule has 0 fully saturated rings. The van der Waals surface area contributed by atoms with Gasteiger partial charge in [0, 0.05) is 11.5 Å². The number of anilines is 1. The lowest BCUT2D eigenvalue weighted by Gasteiger charge is -1.92. The molecular formula is C7H7N3O2. The highest BCUT2D eigenvalue weighted by molar-refractivity contribution is 5.89. The zero-order valence-electron chi connectivity index (χ0n) is 6.10. The molecule has 0 saturated carbocycles. The van der Waals surface area contributed by atoms with Crippen molar-refractivity contribution in [2.24, 2.45) is 0 Å². The maximum Gasteiger partial charge on any atom is 0.157 e. The average Bonchev–Trinajstić information content (AvgIpc) is 2.28. The summed E-state index contributed by atoms with van der Waals surface area (Å²) >= 11 is 0. The van der Waals surface area contributed by atoms with Crippen LogP contribution in [0.2, 0.25) is 0 Å². The van der Waals surface area contributed by atoms with Gasteiger partial charge in [-0.3, -0.25) is 0 Å². The molecule has 0 bridgehead atoms. The summed E-state index contributed by atoms with van der Waals surface area (Å²) in [4.78, 5) is 0.643. The van der Waals surface area contributed by atoms with Gasteiger partial charge in [0.2, 0.25) is 0 Å². The Morgan fingerprint density at radius 1 is 1.42 bits per heavy atom. The van der Waals surface area contributed by atoms with E-state index in [0.29, 0.717) is 15.7 Å². The first-order valence-corrected chi connectivity index (χ1v) is 3.35. The van der Waals surface area contributed by atoms with Gasteiger partial charge in [0.1, 0.15) is 11.3 Å². The van der Waals surface area contributed by atoms with Crippen molar-refractivity contribution in [2.45, 2.75) is 0 Å². The van der Waals surface area contributed by atoms with Gasteiger partial charge in [0.15, 0.2) is 5.82 Å². The number of nitrogen functional groups attached to an aromatic ring is 1. The van der Waals surface area contributed by atoms with Crippen molar-refractivity contribution >= 4 is 16.7 Å². The fraction of sp³-hybridized carbons (Fsp3) is 0. The number of hydrogen-bond acceptors (Lipinski definition) is 4. The second-order valence-electron chi connectivity index (χ2n) is 2.48.